The van der Waals surface area contributed by atoms with E-state index in [2.05, 4.69) is 31.1 Å². The third kappa shape index (κ3) is 3.81. The molecule has 2 aliphatic heterocycles. The molecule has 0 bridgehead atoms. The van der Waals surface area contributed by atoms with Gasteiger partial charge in [-0.3, -0.25) is 9.78 Å². The predicted molar refractivity (Wildman–Crippen MR) is 96.9 cm³/mol. The Kier molecular flexibility index (Phi) is 5.31. The smallest absolute Gasteiger partial charge is 0.255 e. The van der Waals surface area contributed by atoms with Crippen molar-refractivity contribution in [2.45, 2.75) is 37.5 Å². The summed E-state index contributed by atoms with van der Waals surface area (Å²) in [6, 6.07) is 1.81. The van der Waals surface area contributed by atoms with Crippen LogP contribution < -0.4 is 0 Å². The summed E-state index contributed by atoms with van der Waals surface area (Å²) in [4.78, 5) is 23.2. The third-order valence-electron chi connectivity index (χ3n) is 5.13. The highest BCUT2D eigenvalue weighted by Crippen LogP contribution is 2.30. The van der Waals surface area contributed by atoms with E-state index >= 15 is 0 Å². The van der Waals surface area contributed by atoms with Crippen molar-refractivity contribution in [1.29, 1.82) is 0 Å². The van der Waals surface area contributed by atoms with Crippen LogP contribution in [0.5, 0.6) is 0 Å². The van der Waals surface area contributed by atoms with Crippen LogP contribution in [-0.4, -0.2) is 52.2 Å². The fraction of sp³-hybridized carbons (Fsp3) is 0.556. The molecule has 0 N–H and O–H groups in total. The van der Waals surface area contributed by atoms with Gasteiger partial charge in [0.05, 0.1) is 5.56 Å². The van der Waals surface area contributed by atoms with E-state index in [1.54, 1.807) is 18.5 Å². The van der Waals surface area contributed by atoms with Gasteiger partial charge in [-0.15, -0.1) is 0 Å². The van der Waals surface area contributed by atoms with Crippen molar-refractivity contribution in [3.8, 4) is 0 Å². The van der Waals surface area contributed by atoms with Crippen molar-refractivity contribution in [2.24, 2.45) is 0 Å². The molecule has 0 radical (unpaired) electrons. The van der Waals surface area contributed by atoms with Crippen LogP contribution in [0.15, 0.2) is 27.5 Å². The molecule has 0 aliphatic carbocycles. The number of ether oxygens (including phenoxy) is 1. The second-order valence-corrected chi connectivity index (χ2v) is 7.75. The van der Waals surface area contributed by atoms with Crippen LogP contribution in [-0.2, 0) is 4.74 Å². The molecule has 2 fully saturated rings. The zero-order valence-electron chi connectivity index (χ0n) is 14.4. The van der Waals surface area contributed by atoms with E-state index in [1.807, 2.05) is 4.90 Å². The molecule has 0 atom stereocenters. The van der Waals surface area contributed by atoms with Crippen LogP contribution in [0.25, 0.3) is 0 Å². The van der Waals surface area contributed by atoms with Crippen molar-refractivity contribution >= 4 is 21.8 Å². The fourth-order valence-corrected chi connectivity index (χ4v) is 3.94. The van der Waals surface area contributed by atoms with Crippen LogP contribution in [0.2, 0.25) is 0 Å². The van der Waals surface area contributed by atoms with Gasteiger partial charge >= 0.3 is 0 Å². The number of rotatable bonds is 3. The van der Waals surface area contributed by atoms with E-state index in [4.69, 9.17) is 9.26 Å². The van der Waals surface area contributed by atoms with Gasteiger partial charge in [0.2, 0.25) is 5.89 Å². The fourth-order valence-electron chi connectivity index (χ4n) is 3.58. The van der Waals surface area contributed by atoms with Crippen molar-refractivity contribution in [3.05, 3.63) is 40.2 Å². The summed E-state index contributed by atoms with van der Waals surface area (Å²) in [7, 11) is 0. The highest BCUT2D eigenvalue weighted by atomic mass is 79.9. The van der Waals surface area contributed by atoms with Gasteiger partial charge in [0.15, 0.2) is 5.82 Å². The van der Waals surface area contributed by atoms with Gasteiger partial charge in [-0.2, -0.15) is 4.98 Å². The lowest BCUT2D eigenvalue weighted by atomic mass is 9.96. The highest BCUT2D eigenvalue weighted by Gasteiger charge is 2.29. The lowest BCUT2D eigenvalue weighted by Gasteiger charge is -2.30. The monoisotopic (exact) mass is 420 g/mol. The first-order chi connectivity index (χ1) is 12.7. The zero-order valence-corrected chi connectivity index (χ0v) is 16.0. The van der Waals surface area contributed by atoms with Gasteiger partial charge in [-0.05, 0) is 47.7 Å². The first-order valence-electron chi connectivity index (χ1n) is 9.02. The molecule has 0 unspecified atom stereocenters. The Labute approximate surface area is 160 Å². The molecular weight excluding hydrogens is 400 g/mol. The summed E-state index contributed by atoms with van der Waals surface area (Å²) in [5.41, 5.74) is 0.609. The molecular formula is C18H21BrN4O3. The maximum absolute atomic E-state index is 12.6. The lowest BCUT2D eigenvalue weighted by molar-refractivity contribution is 0.0704. The van der Waals surface area contributed by atoms with Crippen LogP contribution in [0.1, 0.15) is 59.6 Å². The summed E-state index contributed by atoms with van der Waals surface area (Å²) in [6.45, 7) is 2.90. The average molecular weight is 421 g/mol. The van der Waals surface area contributed by atoms with Crippen molar-refractivity contribution in [3.63, 3.8) is 0 Å². The molecule has 4 rings (SSSR count). The SMILES string of the molecule is O=C(c1cncc(Br)c1)N1CCC(c2nc(C3CCOCC3)no2)CC1. The van der Waals surface area contributed by atoms with E-state index in [1.165, 1.54) is 0 Å². The summed E-state index contributed by atoms with van der Waals surface area (Å²) >= 11 is 3.36. The Morgan fingerprint density at radius 2 is 1.88 bits per heavy atom. The van der Waals surface area contributed by atoms with E-state index in [-0.39, 0.29) is 11.8 Å². The molecule has 2 saturated heterocycles. The number of nitrogens with zero attached hydrogens (tertiary/aromatic N) is 4. The normalized spacial score (nSPS) is 19.7. The van der Waals surface area contributed by atoms with Crippen LogP contribution in [0, 0.1) is 0 Å². The standard InChI is InChI=1S/C18H21BrN4O3/c19-15-9-14(10-20-11-15)18(24)23-5-1-13(2-6-23)17-21-16(22-26-17)12-3-7-25-8-4-12/h9-13H,1-8H2. The largest absolute Gasteiger partial charge is 0.381 e. The summed E-state index contributed by atoms with van der Waals surface area (Å²) in [5.74, 6) is 2.10. The number of hydrogen-bond donors (Lipinski definition) is 0. The molecule has 2 aliphatic rings. The second kappa shape index (κ2) is 7.84. The van der Waals surface area contributed by atoms with Crippen molar-refractivity contribution in [2.75, 3.05) is 26.3 Å². The molecule has 0 spiro atoms. The number of amides is 1. The average Bonchev–Trinajstić information content (AvgIpc) is 3.18. The summed E-state index contributed by atoms with van der Waals surface area (Å²) in [6.07, 6.45) is 6.86. The number of aromatic nitrogens is 3. The molecule has 26 heavy (non-hydrogen) atoms. The minimum atomic E-state index is 0.0191. The van der Waals surface area contributed by atoms with Crippen molar-refractivity contribution in [1.82, 2.24) is 20.0 Å². The quantitative estimate of drug-likeness (QED) is 0.758. The van der Waals surface area contributed by atoms with Gasteiger partial charge in [0.25, 0.3) is 5.91 Å². The number of carbonyl (C=O) groups excluding carboxylic acids is 1. The molecule has 1 amide bonds. The summed E-state index contributed by atoms with van der Waals surface area (Å²) in [5, 5.41) is 4.19. The van der Waals surface area contributed by atoms with Crippen LogP contribution >= 0.6 is 15.9 Å². The minimum Gasteiger partial charge on any atom is -0.381 e. The molecule has 0 saturated carbocycles. The third-order valence-corrected chi connectivity index (χ3v) is 5.56. The Morgan fingerprint density at radius 1 is 1.12 bits per heavy atom. The maximum atomic E-state index is 12.6. The number of carbonyl (C=O) groups is 1. The zero-order chi connectivity index (χ0) is 17.9. The molecule has 0 aromatic carbocycles. The number of hydrogen-bond acceptors (Lipinski definition) is 6. The second-order valence-electron chi connectivity index (χ2n) is 6.84. The van der Waals surface area contributed by atoms with Crippen molar-refractivity contribution < 1.29 is 14.1 Å². The van der Waals surface area contributed by atoms with Crippen LogP contribution in [0.3, 0.4) is 0 Å². The molecule has 2 aromatic rings. The Balaban J connectivity index is 1.36. The Morgan fingerprint density at radius 3 is 2.62 bits per heavy atom. The van der Waals surface area contributed by atoms with Gasteiger partial charge in [0, 0.05) is 55.0 Å². The van der Waals surface area contributed by atoms with Gasteiger partial charge in [-0.1, -0.05) is 5.16 Å². The number of halogens is 1. The highest BCUT2D eigenvalue weighted by molar-refractivity contribution is 9.10. The van der Waals surface area contributed by atoms with Gasteiger partial charge in [0.1, 0.15) is 0 Å². The molecule has 4 heterocycles. The van der Waals surface area contributed by atoms with Gasteiger partial charge in [-0.25, -0.2) is 0 Å². The topological polar surface area (TPSA) is 81.4 Å². The molecule has 138 valence electrons. The number of likely N-dealkylation sites (tertiary alicyclic amines) is 1. The predicted octanol–water partition coefficient (Wildman–Crippen LogP) is 3.14. The van der Waals surface area contributed by atoms with E-state index in [9.17, 15) is 4.79 Å². The lowest BCUT2D eigenvalue weighted by Crippen LogP contribution is -2.38. The first-order valence-corrected chi connectivity index (χ1v) is 9.81. The van der Waals surface area contributed by atoms with Gasteiger partial charge < -0.3 is 14.2 Å². The van der Waals surface area contributed by atoms with E-state index in [0.29, 0.717) is 30.5 Å². The molecule has 8 heteroatoms. The minimum absolute atomic E-state index is 0.0191. The van der Waals surface area contributed by atoms with Crippen LogP contribution in [0.4, 0.5) is 0 Å². The maximum Gasteiger partial charge on any atom is 0.255 e. The summed E-state index contributed by atoms with van der Waals surface area (Å²) < 4.78 is 11.7. The van der Waals surface area contributed by atoms with E-state index in [0.717, 1.165) is 49.2 Å². The first kappa shape index (κ1) is 17.6. The van der Waals surface area contributed by atoms with E-state index < -0.39 is 0 Å². The molecule has 2 aromatic heterocycles. The Hall–Kier alpha value is -1.80. The number of piperidine rings is 1. The number of pyridine rings is 1. The Bertz CT molecular complexity index is 767. The molecule has 7 nitrogen and oxygen atoms in total.